The largest absolute Gasteiger partial charge is 0.478 e. The van der Waals surface area contributed by atoms with Gasteiger partial charge in [-0.1, -0.05) is 12.1 Å². The molecule has 1 atom stereocenters. The van der Waals surface area contributed by atoms with Gasteiger partial charge >= 0.3 is 5.97 Å². The summed E-state index contributed by atoms with van der Waals surface area (Å²) in [6.07, 6.45) is 2.30. The summed E-state index contributed by atoms with van der Waals surface area (Å²) in [6.45, 7) is 0. The normalized spacial score (nSPS) is 12.3. The van der Waals surface area contributed by atoms with Gasteiger partial charge < -0.3 is 15.2 Å². The number of benzene rings is 1. The van der Waals surface area contributed by atoms with E-state index in [1.165, 1.54) is 12.1 Å². The third-order valence-electron chi connectivity index (χ3n) is 2.25. The van der Waals surface area contributed by atoms with E-state index in [0.717, 1.165) is 0 Å². The van der Waals surface area contributed by atoms with Crippen molar-refractivity contribution in [3.05, 3.63) is 53.6 Å². The van der Waals surface area contributed by atoms with Crippen LogP contribution in [-0.2, 0) is 0 Å². The molecule has 0 aliphatic heterocycles. The van der Waals surface area contributed by atoms with Gasteiger partial charge in [0.1, 0.15) is 11.9 Å². The minimum atomic E-state index is -0.987. The molecule has 1 unspecified atom stereocenters. The number of nitrogens with zero attached hydrogens (tertiary/aromatic N) is 1. The standard InChI is InChI=1S/C11H10N2O3/c14-9(10-12-5-6-13-10)7-1-3-8(4-2-7)11(15)16/h1-6,9,14H,(H,12,13)(H,15,16). The summed E-state index contributed by atoms with van der Waals surface area (Å²) >= 11 is 0. The first-order chi connectivity index (χ1) is 7.68. The summed E-state index contributed by atoms with van der Waals surface area (Å²) in [5.41, 5.74) is 0.787. The van der Waals surface area contributed by atoms with E-state index in [1.54, 1.807) is 24.5 Å². The Balaban J connectivity index is 2.25. The van der Waals surface area contributed by atoms with Gasteiger partial charge in [-0.15, -0.1) is 0 Å². The topological polar surface area (TPSA) is 86.2 Å². The lowest BCUT2D eigenvalue weighted by Gasteiger charge is -2.07. The lowest BCUT2D eigenvalue weighted by atomic mass is 10.1. The third kappa shape index (κ3) is 1.94. The van der Waals surface area contributed by atoms with Crippen LogP contribution in [0.25, 0.3) is 0 Å². The summed E-state index contributed by atoms with van der Waals surface area (Å²) in [5, 5.41) is 18.6. The van der Waals surface area contributed by atoms with Crippen molar-refractivity contribution in [2.45, 2.75) is 6.10 Å². The highest BCUT2D eigenvalue weighted by atomic mass is 16.4. The van der Waals surface area contributed by atoms with Crippen LogP contribution in [0.15, 0.2) is 36.7 Å². The highest BCUT2D eigenvalue weighted by Gasteiger charge is 2.13. The van der Waals surface area contributed by atoms with Crippen molar-refractivity contribution < 1.29 is 15.0 Å². The fourth-order valence-electron chi connectivity index (χ4n) is 1.39. The fraction of sp³-hybridized carbons (Fsp3) is 0.0909. The number of aromatic nitrogens is 2. The number of nitrogens with one attached hydrogen (secondary N) is 1. The van der Waals surface area contributed by atoms with Gasteiger partial charge in [-0.05, 0) is 17.7 Å². The molecule has 0 saturated carbocycles. The number of H-pyrrole nitrogens is 1. The number of carboxylic acid groups (broad SMARTS) is 1. The highest BCUT2D eigenvalue weighted by molar-refractivity contribution is 5.87. The van der Waals surface area contributed by atoms with Crippen LogP contribution in [0.5, 0.6) is 0 Å². The zero-order chi connectivity index (χ0) is 11.5. The quantitative estimate of drug-likeness (QED) is 0.722. The predicted octanol–water partition coefficient (Wildman–Crippen LogP) is 1.19. The van der Waals surface area contributed by atoms with Crippen molar-refractivity contribution in [3.63, 3.8) is 0 Å². The Morgan fingerprint density at radius 1 is 1.31 bits per heavy atom. The molecule has 2 rings (SSSR count). The minimum absolute atomic E-state index is 0.190. The maximum absolute atomic E-state index is 10.6. The molecule has 1 aromatic heterocycles. The molecule has 0 radical (unpaired) electrons. The van der Waals surface area contributed by atoms with Gasteiger partial charge in [0.25, 0.3) is 0 Å². The van der Waals surface area contributed by atoms with E-state index in [-0.39, 0.29) is 5.56 Å². The number of aliphatic hydroxyl groups excluding tert-OH is 1. The van der Waals surface area contributed by atoms with Crippen LogP contribution in [-0.4, -0.2) is 26.2 Å². The molecule has 3 N–H and O–H groups in total. The molecule has 2 aromatic rings. The maximum atomic E-state index is 10.6. The van der Waals surface area contributed by atoms with Gasteiger partial charge in [-0.3, -0.25) is 0 Å². The Morgan fingerprint density at radius 3 is 2.50 bits per heavy atom. The molecule has 0 spiro atoms. The van der Waals surface area contributed by atoms with E-state index in [1.807, 2.05) is 0 Å². The maximum Gasteiger partial charge on any atom is 0.335 e. The second kappa shape index (κ2) is 4.16. The van der Waals surface area contributed by atoms with E-state index < -0.39 is 12.1 Å². The lowest BCUT2D eigenvalue weighted by Crippen LogP contribution is -2.03. The molecule has 0 bridgehead atoms. The summed E-state index contributed by atoms with van der Waals surface area (Å²) in [4.78, 5) is 17.4. The molecule has 0 saturated heterocycles. The summed E-state index contributed by atoms with van der Waals surface area (Å²) in [5.74, 6) is -0.554. The number of imidazole rings is 1. The van der Waals surface area contributed by atoms with Gasteiger partial charge in [0.15, 0.2) is 0 Å². The number of hydrogen-bond acceptors (Lipinski definition) is 3. The molecule has 0 fully saturated rings. The fourth-order valence-corrected chi connectivity index (χ4v) is 1.39. The molecule has 5 heteroatoms. The van der Waals surface area contributed by atoms with Crippen LogP contribution < -0.4 is 0 Å². The van der Waals surface area contributed by atoms with Crippen LogP contribution in [0.1, 0.15) is 27.8 Å². The lowest BCUT2D eigenvalue weighted by molar-refractivity contribution is 0.0696. The van der Waals surface area contributed by atoms with Crippen molar-refractivity contribution >= 4 is 5.97 Å². The number of hydrogen-bond donors (Lipinski definition) is 3. The smallest absolute Gasteiger partial charge is 0.335 e. The first-order valence-electron chi connectivity index (χ1n) is 4.69. The minimum Gasteiger partial charge on any atom is -0.478 e. The first kappa shape index (κ1) is 10.4. The molecule has 16 heavy (non-hydrogen) atoms. The molecule has 0 aliphatic carbocycles. The van der Waals surface area contributed by atoms with E-state index in [0.29, 0.717) is 11.4 Å². The van der Waals surface area contributed by atoms with Crippen molar-refractivity contribution in [2.75, 3.05) is 0 Å². The van der Waals surface area contributed by atoms with Gasteiger partial charge in [0, 0.05) is 12.4 Å². The molecule has 1 aromatic carbocycles. The van der Waals surface area contributed by atoms with Gasteiger partial charge in [-0.25, -0.2) is 9.78 Å². The number of rotatable bonds is 3. The number of aliphatic hydroxyl groups is 1. The molecule has 5 nitrogen and oxygen atoms in total. The third-order valence-corrected chi connectivity index (χ3v) is 2.25. The number of aromatic amines is 1. The molecule has 82 valence electrons. The average molecular weight is 218 g/mol. The van der Waals surface area contributed by atoms with Crippen LogP contribution in [0.4, 0.5) is 0 Å². The van der Waals surface area contributed by atoms with Crippen molar-refractivity contribution in [1.29, 1.82) is 0 Å². The average Bonchev–Trinajstić information content (AvgIpc) is 2.81. The Hall–Kier alpha value is -2.14. The monoisotopic (exact) mass is 218 g/mol. The highest BCUT2D eigenvalue weighted by Crippen LogP contribution is 2.18. The molecule has 1 heterocycles. The van der Waals surface area contributed by atoms with Crippen molar-refractivity contribution in [1.82, 2.24) is 9.97 Å². The zero-order valence-corrected chi connectivity index (χ0v) is 8.29. The van der Waals surface area contributed by atoms with Crippen LogP contribution in [0.2, 0.25) is 0 Å². The predicted molar refractivity (Wildman–Crippen MR) is 56.1 cm³/mol. The van der Waals surface area contributed by atoms with E-state index in [2.05, 4.69) is 9.97 Å². The Kier molecular flexibility index (Phi) is 2.70. The van der Waals surface area contributed by atoms with E-state index in [4.69, 9.17) is 5.11 Å². The van der Waals surface area contributed by atoms with Crippen LogP contribution in [0, 0.1) is 0 Å². The Bertz CT molecular complexity index is 476. The summed E-state index contributed by atoms with van der Waals surface area (Å²) < 4.78 is 0. The van der Waals surface area contributed by atoms with E-state index in [9.17, 15) is 9.90 Å². The van der Waals surface area contributed by atoms with Crippen LogP contribution >= 0.6 is 0 Å². The summed E-state index contributed by atoms with van der Waals surface area (Å²) in [6, 6.07) is 6.03. The van der Waals surface area contributed by atoms with E-state index >= 15 is 0 Å². The number of carbonyl (C=O) groups is 1. The zero-order valence-electron chi connectivity index (χ0n) is 8.29. The van der Waals surface area contributed by atoms with Crippen molar-refractivity contribution in [2.24, 2.45) is 0 Å². The SMILES string of the molecule is O=C(O)c1ccc(C(O)c2ncc[nH]2)cc1. The second-order valence-electron chi connectivity index (χ2n) is 3.30. The van der Waals surface area contributed by atoms with Gasteiger partial charge in [0.2, 0.25) is 0 Å². The first-order valence-corrected chi connectivity index (χ1v) is 4.69. The molecule has 0 amide bonds. The number of carboxylic acids is 1. The molecule has 0 aliphatic rings. The summed E-state index contributed by atoms with van der Waals surface area (Å²) in [7, 11) is 0. The Morgan fingerprint density at radius 2 is 2.00 bits per heavy atom. The van der Waals surface area contributed by atoms with Gasteiger partial charge in [0.05, 0.1) is 5.56 Å². The second-order valence-corrected chi connectivity index (χ2v) is 3.30. The Labute approximate surface area is 91.4 Å². The molecular formula is C11H10N2O3. The van der Waals surface area contributed by atoms with Crippen LogP contribution in [0.3, 0.4) is 0 Å². The van der Waals surface area contributed by atoms with Crippen molar-refractivity contribution in [3.8, 4) is 0 Å². The number of aromatic carboxylic acids is 1. The molecular weight excluding hydrogens is 208 g/mol. The van der Waals surface area contributed by atoms with Gasteiger partial charge in [-0.2, -0.15) is 0 Å².